The molecule has 1 aliphatic carbocycles. The Balaban J connectivity index is 1.60. The van der Waals surface area contributed by atoms with E-state index in [0.29, 0.717) is 24.5 Å². The first-order valence-corrected chi connectivity index (χ1v) is 8.01. The van der Waals surface area contributed by atoms with E-state index in [4.69, 9.17) is 4.42 Å². The fourth-order valence-electron chi connectivity index (χ4n) is 3.30. The van der Waals surface area contributed by atoms with Crippen molar-refractivity contribution in [1.29, 1.82) is 0 Å². The molecule has 1 saturated carbocycles. The van der Waals surface area contributed by atoms with E-state index in [2.05, 4.69) is 12.2 Å². The van der Waals surface area contributed by atoms with Gasteiger partial charge in [-0.15, -0.1) is 0 Å². The third-order valence-corrected chi connectivity index (χ3v) is 4.44. The van der Waals surface area contributed by atoms with Gasteiger partial charge in [-0.05, 0) is 30.9 Å². The first-order chi connectivity index (χ1) is 10.6. The van der Waals surface area contributed by atoms with Gasteiger partial charge in [-0.2, -0.15) is 0 Å². The summed E-state index contributed by atoms with van der Waals surface area (Å²) in [7, 11) is 0. The number of nitrogens with zero attached hydrogens (tertiary/aromatic N) is 1. The van der Waals surface area contributed by atoms with Crippen molar-refractivity contribution in [2.24, 2.45) is 5.92 Å². The van der Waals surface area contributed by atoms with Crippen LogP contribution in [0.4, 0.5) is 0 Å². The number of rotatable bonds is 4. The zero-order valence-electron chi connectivity index (χ0n) is 12.9. The van der Waals surface area contributed by atoms with Crippen molar-refractivity contribution in [3.63, 3.8) is 0 Å². The Bertz CT molecular complexity index is 716. The van der Waals surface area contributed by atoms with Gasteiger partial charge in [0.25, 0.3) is 0 Å². The van der Waals surface area contributed by atoms with E-state index in [-0.39, 0.29) is 11.9 Å². The maximum Gasteiger partial charge on any atom is 0.419 e. The SMILES string of the molecule is CC1CCCC(NC(=O)CCn2c(=O)oc3ccccc32)C1. The molecule has 1 amide bonds. The summed E-state index contributed by atoms with van der Waals surface area (Å²) in [6.45, 7) is 2.58. The number of aryl methyl sites for hydroxylation is 1. The van der Waals surface area contributed by atoms with Gasteiger partial charge in [0.1, 0.15) is 0 Å². The zero-order chi connectivity index (χ0) is 15.5. The van der Waals surface area contributed by atoms with Crippen molar-refractivity contribution < 1.29 is 9.21 Å². The molecule has 1 aromatic heterocycles. The van der Waals surface area contributed by atoms with Gasteiger partial charge in [0.2, 0.25) is 5.91 Å². The topological polar surface area (TPSA) is 64.2 Å². The number of carbonyl (C=O) groups excluding carboxylic acids is 1. The largest absolute Gasteiger partial charge is 0.419 e. The molecular formula is C17H22N2O3. The Labute approximate surface area is 129 Å². The molecule has 1 aliphatic rings. The van der Waals surface area contributed by atoms with Crippen LogP contribution in [0.3, 0.4) is 0 Å². The number of hydrogen-bond acceptors (Lipinski definition) is 3. The number of nitrogens with one attached hydrogen (secondary N) is 1. The standard InChI is InChI=1S/C17H22N2O3/c1-12-5-4-6-13(11-12)18-16(20)9-10-19-14-7-2-3-8-15(14)22-17(19)21/h2-3,7-8,12-13H,4-6,9-11H2,1H3,(H,18,20). The minimum atomic E-state index is -0.403. The van der Waals surface area contributed by atoms with E-state index in [1.54, 1.807) is 6.07 Å². The summed E-state index contributed by atoms with van der Waals surface area (Å²) in [5.74, 6) is 0.288. The van der Waals surface area contributed by atoms with E-state index >= 15 is 0 Å². The van der Waals surface area contributed by atoms with Gasteiger partial charge in [0.05, 0.1) is 5.52 Å². The molecule has 2 atom stereocenters. The monoisotopic (exact) mass is 302 g/mol. The van der Waals surface area contributed by atoms with Crippen molar-refractivity contribution in [1.82, 2.24) is 9.88 Å². The second kappa shape index (κ2) is 6.38. The van der Waals surface area contributed by atoms with Gasteiger partial charge in [0, 0.05) is 19.0 Å². The van der Waals surface area contributed by atoms with Crippen LogP contribution in [0.1, 0.15) is 39.0 Å². The average molecular weight is 302 g/mol. The minimum absolute atomic E-state index is 0.0104. The molecule has 1 heterocycles. The molecule has 0 aliphatic heterocycles. The van der Waals surface area contributed by atoms with Gasteiger partial charge < -0.3 is 9.73 Å². The van der Waals surface area contributed by atoms with E-state index in [0.717, 1.165) is 18.4 Å². The highest BCUT2D eigenvalue weighted by molar-refractivity contribution is 5.77. The average Bonchev–Trinajstić information content (AvgIpc) is 2.80. The van der Waals surface area contributed by atoms with Gasteiger partial charge >= 0.3 is 5.76 Å². The maximum atomic E-state index is 12.1. The molecule has 0 spiro atoms. The number of benzene rings is 1. The van der Waals surface area contributed by atoms with Gasteiger partial charge in [-0.3, -0.25) is 9.36 Å². The Morgan fingerprint density at radius 3 is 3.00 bits per heavy atom. The number of hydrogen-bond donors (Lipinski definition) is 1. The van der Waals surface area contributed by atoms with Crippen molar-refractivity contribution in [3.8, 4) is 0 Å². The Morgan fingerprint density at radius 1 is 1.36 bits per heavy atom. The first-order valence-electron chi connectivity index (χ1n) is 8.01. The molecular weight excluding hydrogens is 280 g/mol. The summed E-state index contributed by atoms with van der Waals surface area (Å²) < 4.78 is 6.70. The van der Waals surface area contributed by atoms with E-state index in [9.17, 15) is 9.59 Å². The molecule has 0 radical (unpaired) electrons. The molecule has 2 aromatic rings. The Kier molecular flexibility index (Phi) is 4.32. The second-order valence-corrected chi connectivity index (χ2v) is 6.27. The third-order valence-electron chi connectivity index (χ3n) is 4.44. The lowest BCUT2D eigenvalue weighted by Gasteiger charge is -2.27. The lowest BCUT2D eigenvalue weighted by Crippen LogP contribution is -2.38. The molecule has 1 fully saturated rings. The van der Waals surface area contributed by atoms with E-state index in [1.165, 1.54) is 17.4 Å². The number of amides is 1. The minimum Gasteiger partial charge on any atom is -0.408 e. The molecule has 5 heteroatoms. The fourth-order valence-corrected chi connectivity index (χ4v) is 3.30. The highest BCUT2D eigenvalue weighted by Gasteiger charge is 2.20. The normalized spacial score (nSPS) is 21.9. The van der Waals surface area contributed by atoms with Crippen LogP contribution in [0, 0.1) is 5.92 Å². The van der Waals surface area contributed by atoms with Crippen molar-refractivity contribution in [3.05, 3.63) is 34.8 Å². The lowest BCUT2D eigenvalue weighted by atomic mass is 9.87. The highest BCUT2D eigenvalue weighted by Crippen LogP contribution is 2.23. The van der Waals surface area contributed by atoms with Crippen LogP contribution in [0.25, 0.3) is 11.1 Å². The third kappa shape index (κ3) is 3.24. The number of aromatic nitrogens is 1. The molecule has 1 aromatic carbocycles. The van der Waals surface area contributed by atoms with Crippen LogP contribution in [-0.4, -0.2) is 16.5 Å². The highest BCUT2D eigenvalue weighted by atomic mass is 16.4. The first kappa shape index (κ1) is 14.9. The van der Waals surface area contributed by atoms with Gasteiger partial charge in [0.15, 0.2) is 5.58 Å². The van der Waals surface area contributed by atoms with E-state index < -0.39 is 5.76 Å². The van der Waals surface area contributed by atoms with Gasteiger partial charge in [-0.25, -0.2) is 4.79 Å². The van der Waals surface area contributed by atoms with Crippen LogP contribution < -0.4 is 11.1 Å². The molecule has 3 rings (SSSR count). The van der Waals surface area contributed by atoms with Gasteiger partial charge in [-0.1, -0.05) is 31.9 Å². The van der Waals surface area contributed by atoms with Crippen LogP contribution in [0.5, 0.6) is 0 Å². The van der Waals surface area contributed by atoms with Crippen molar-refractivity contribution >= 4 is 17.0 Å². The lowest BCUT2D eigenvalue weighted by molar-refractivity contribution is -0.122. The summed E-state index contributed by atoms with van der Waals surface area (Å²) in [6, 6.07) is 7.57. The predicted molar refractivity (Wildman–Crippen MR) is 84.7 cm³/mol. The molecule has 118 valence electrons. The van der Waals surface area contributed by atoms with Crippen LogP contribution in [-0.2, 0) is 11.3 Å². The summed E-state index contributed by atoms with van der Waals surface area (Å²) in [6.07, 6.45) is 4.85. The number of fused-ring (bicyclic) bond motifs is 1. The molecule has 0 saturated heterocycles. The molecule has 22 heavy (non-hydrogen) atoms. The number of para-hydroxylation sites is 2. The number of carbonyl (C=O) groups is 1. The predicted octanol–water partition coefficient (Wildman–Crippen LogP) is 2.68. The maximum absolute atomic E-state index is 12.1. The summed E-state index contributed by atoms with van der Waals surface area (Å²) in [5.41, 5.74) is 1.31. The summed E-state index contributed by atoms with van der Waals surface area (Å²) in [4.78, 5) is 24.0. The Hall–Kier alpha value is -2.04. The molecule has 1 N–H and O–H groups in total. The summed E-state index contributed by atoms with van der Waals surface area (Å²) in [5, 5.41) is 3.09. The van der Waals surface area contributed by atoms with Crippen LogP contribution >= 0.6 is 0 Å². The van der Waals surface area contributed by atoms with Crippen molar-refractivity contribution in [2.45, 2.75) is 51.6 Å². The smallest absolute Gasteiger partial charge is 0.408 e. The van der Waals surface area contributed by atoms with Crippen LogP contribution in [0.15, 0.2) is 33.5 Å². The second-order valence-electron chi connectivity index (χ2n) is 6.27. The Morgan fingerprint density at radius 2 is 2.18 bits per heavy atom. The van der Waals surface area contributed by atoms with E-state index in [1.807, 2.05) is 18.2 Å². The quantitative estimate of drug-likeness (QED) is 0.944. The summed E-state index contributed by atoms with van der Waals surface area (Å²) >= 11 is 0. The fraction of sp³-hybridized carbons (Fsp3) is 0.529. The number of oxazole rings is 1. The van der Waals surface area contributed by atoms with Crippen LogP contribution in [0.2, 0.25) is 0 Å². The zero-order valence-corrected chi connectivity index (χ0v) is 12.9. The molecule has 5 nitrogen and oxygen atoms in total. The van der Waals surface area contributed by atoms with Crippen molar-refractivity contribution in [2.75, 3.05) is 0 Å². The molecule has 0 bridgehead atoms. The molecule has 2 unspecified atom stereocenters.